The van der Waals surface area contributed by atoms with Crippen LogP contribution >= 0.6 is 0 Å². The fraction of sp³-hybridized carbons (Fsp3) is 0.600. The number of pyridine rings is 1. The number of hydrogen-bond acceptors (Lipinski definition) is 4. The van der Waals surface area contributed by atoms with Crippen LogP contribution in [0.25, 0.3) is 11.2 Å². The highest BCUT2D eigenvalue weighted by Gasteiger charge is 2.19. The average molecular weight is 275 g/mol. The van der Waals surface area contributed by atoms with E-state index in [2.05, 4.69) is 9.55 Å². The van der Waals surface area contributed by atoms with Crippen molar-refractivity contribution >= 4 is 11.2 Å². The number of aliphatic hydroxyl groups is 1. The SMILES string of the molecule is OCCCn1c(CC2CCCOC2)nc2cccnc21. The molecule has 0 bridgehead atoms. The second-order valence-corrected chi connectivity index (χ2v) is 5.39. The van der Waals surface area contributed by atoms with Gasteiger partial charge in [-0.3, -0.25) is 0 Å². The van der Waals surface area contributed by atoms with E-state index in [0.29, 0.717) is 5.92 Å². The van der Waals surface area contributed by atoms with E-state index in [9.17, 15) is 0 Å². The molecule has 0 radical (unpaired) electrons. The largest absolute Gasteiger partial charge is 0.396 e. The zero-order valence-corrected chi connectivity index (χ0v) is 11.7. The fourth-order valence-electron chi connectivity index (χ4n) is 2.85. The molecule has 0 spiro atoms. The maximum atomic E-state index is 9.08. The minimum absolute atomic E-state index is 0.193. The van der Waals surface area contributed by atoms with Crippen LogP contribution in [0.5, 0.6) is 0 Å². The van der Waals surface area contributed by atoms with Gasteiger partial charge in [0.15, 0.2) is 5.65 Å². The Kier molecular flexibility index (Phi) is 4.28. The van der Waals surface area contributed by atoms with Crippen molar-refractivity contribution in [3.05, 3.63) is 24.2 Å². The number of nitrogens with zero attached hydrogens (tertiary/aromatic N) is 3. The summed E-state index contributed by atoms with van der Waals surface area (Å²) in [4.78, 5) is 9.16. The minimum atomic E-state index is 0.193. The Morgan fingerprint density at radius 2 is 2.40 bits per heavy atom. The summed E-state index contributed by atoms with van der Waals surface area (Å²) in [6.07, 6.45) is 5.81. The smallest absolute Gasteiger partial charge is 0.159 e. The van der Waals surface area contributed by atoms with Crippen molar-refractivity contribution in [1.29, 1.82) is 0 Å². The van der Waals surface area contributed by atoms with Crippen LogP contribution in [0.15, 0.2) is 18.3 Å². The predicted octanol–water partition coefficient (Wildman–Crippen LogP) is 1.78. The van der Waals surface area contributed by atoms with Crippen molar-refractivity contribution in [2.45, 2.75) is 32.2 Å². The first-order valence-corrected chi connectivity index (χ1v) is 7.37. The summed E-state index contributed by atoms with van der Waals surface area (Å²) < 4.78 is 7.71. The maximum absolute atomic E-state index is 9.08. The zero-order valence-electron chi connectivity index (χ0n) is 11.7. The topological polar surface area (TPSA) is 60.2 Å². The maximum Gasteiger partial charge on any atom is 0.159 e. The number of imidazole rings is 1. The predicted molar refractivity (Wildman–Crippen MR) is 76.5 cm³/mol. The molecular formula is C15H21N3O2. The van der Waals surface area contributed by atoms with Gasteiger partial charge in [0, 0.05) is 39.0 Å². The van der Waals surface area contributed by atoms with E-state index >= 15 is 0 Å². The lowest BCUT2D eigenvalue weighted by molar-refractivity contribution is 0.0540. The van der Waals surface area contributed by atoms with Crippen molar-refractivity contribution < 1.29 is 9.84 Å². The molecule has 5 nitrogen and oxygen atoms in total. The summed E-state index contributed by atoms with van der Waals surface area (Å²) in [5.41, 5.74) is 1.87. The van der Waals surface area contributed by atoms with Gasteiger partial charge >= 0.3 is 0 Å². The fourth-order valence-corrected chi connectivity index (χ4v) is 2.85. The molecule has 108 valence electrons. The first-order valence-electron chi connectivity index (χ1n) is 7.37. The monoisotopic (exact) mass is 275 g/mol. The Bertz CT molecular complexity index is 561. The van der Waals surface area contributed by atoms with Crippen LogP contribution in [0, 0.1) is 5.92 Å². The number of aryl methyl sites for hydroxylation is 1. The molecular weight excluding hydrogens is 254 g/mol. The highest BCUT2D eigenvalue weighted by Crippen LogP contribution is 2.21. The molecule has 0 saturated carbocycles. The third-order valence-electron chi connectivity index (χ3n) is 3.85. The molecule has 3 heterocycles. The van der Waals surface area contributed by atoms with Crippen LogP contribution in [-0.4, -0.2) is 39.5 Å². The molecule has 1 unspecified atom stereocenters. The summed E-state index contributed by atoms with van der Waals surface area (Å²) in [5, 5.41) is 9.08. The van der Waals surface area contributed by atoms with Crippen LogP contribution in [0.4, 0.5) is 0 Å². The first kappa shape index (κ1) is 13.5. The summed E-state index contributed by atoms with van der Waals surface area (Å²) >= 11 is 0. The lowest BCUT2D eigenvalue weighted by Crippen LogP contribution is -2.21. The normalized spacial score (nSPS) is 19.6. The van der Waals surface area contributed by atoms with Crippen molar-refractivity contribution in [1.82, 2.24) is 14.5 Å². The third kappa shape index (κ3) is 2.83. The van der Waals surface area contributed by atoms with Gasteiger partial charge in [0.2, 0.25) is 0 Å². The van der Waals surface area contributed by atoms with Gasteiger partial charge in [0.1, 0.15) is 11.3 Å². The molecule has 1 N–H and O–H groups in total. The van der Waals surface area contributed by atoms with Crippen molar-refractivity contribution in [3.8, 4) is 0 Å². The number of fused-ring (bicyclic) bond motifs is 1. The van der Waals surface area contributed by atoms with E-state index in [1.54, 1.807) is 6.20 Å². The Morgan fingerprint density at radius 1 is 1.45 bits per heavy atom. The van der Waals surface area contributed by atoms with Gasteiger partial charge in [0.05, 0.1) is 0 Å². The molecule has 1 aliphatic rings. The molecule has 2 aromatic heterocycles. The van der Waals surface area contributed by atoms with Crippen LogP contribution < -0.4 is 0 Å². The number of rotatable bonds is 5. The highest BCUT2D eigenvalue weighted by atomic mass is 16.5. The summed E-state index contributed by atoms with van der Waals surface area (Å²) in [6.45, 7) is 2.68. The lowest BCUT2D eigenvalue weighted by atomic mass is 9.98. The van der Waals surface area contributed by atoms with Gasteiger partial charge in [-0.05, 0) is 37.3 Å². The van der Waals surface area contributed by atoms with Gasteiger partial charge in [-0.25, -0.2) is 9.97 Å². The zero-order chi connectivity index (χ0) is 13.8. The molecule has 2 aromatic rings. The van der Waals surface area contributed by atoms with Gasteiger partial charge in [0.25, 0.3) is 0 Å². The van der Waals surface area contributed by atoms with Gasteiger partial charge in [-0.15, -0.1) is 0 Å². The van der Waals surface area contributed by atoms with Crippen LogP contribution in [-0.2, 0) is 17.7 Å². The average Bonchev–Trinajstić information content (AvgIpc) is 2.83. The van der Waals surface area contributed by atoms with Crippen molar-refractivity contribution in [3.63, 3.8) is 0 Å². The minimum Gasteiger partial charge on any atom is -0.396 e. The number of aliphatic hydroxyl groups excluding tert-OH is 1. The number of ether oxygens (including phenoxy) is 1. The molecule has 0 amide bonds. The Hall–Kier alpha value is -1.46. The lowest BCUT2D eigenvalue weighted by Gasteiger charge is -2.22. The molecule has 0 aromatic carbocycles. The van der Waals surface area contributed by atoms with E-state index in [1.807, 2.05) is 12.1 Å². The van der Waals surface area contributed by atoms with E-state index in [4.69, 9.17) is 14.8 Å². The van der Waals surface area contributed by atoms with E-state index in [1.165, 1.54) is 6.42 Å². The quantitative estimate of drug-likeness (QED) is 0.903. The van der Waals surface area contributed by atoms with Crippen LogP contribution in [0.3, 0.4) is 0 Å². The highest BCUT2D eigenvalue weighted by molar-refractivity contribution is 5.71. The van der Waals surface area contributed by atoms with Crippen LogP contribution in [0.2, 0.25) is 0 Å². The van der Waals surface area contributed by atoms with Gasteiger partial charge < -0.3 is 14.4 Å². The molecule has 5 heteroatoms. The van der Waals surface area contributed by atoms with Gasteiger partial charge in [-0.2, -0.15) is 0 Å². The van der Waals surface area contributed by atoms with Crippen molar-refractivity contribution in [2.24, 2.45) is 5.92 Å². The Balaban J connectivity index is 1.87. The third-order valence-corrected chi connectivity index (χ3v) is 3.85. The summed E-state index contributed by atoms with van der Waals surface area (Å²) in [5.74, 6) is 1.62. The van der Waals surface area contributed by atoms with Crippen molar-refractivity contribution in [2.75, 3.05) is 19.8 Å². The molecule has 3 rings (SSSR count). The second-order valence-electron chi connectivity index (χ2n) is 5.39. The number of hydrogen-bond donors (Lipinski definition) is 1. The van der Waals surface area contributed by atoms with E-state index in [-0.39, 0.29) is 6.61 Å². The van der Waals surface area contributed by atoms with Crippen LogP contribution in [0.1, 0.15) is 25.1 Å². The molecule has 0 aliphatic carbocycles. The molecule has 1 saturated heterocycles. The van der Waals surface area contributed by atoms with Gasteiger partial charge in [-0.1, -0.05) is 0 Å². The summed E-state index contributed by atoms with van der Waals surface area (Å²) in [6, 6.07) is 3.91. The number of aromatic nitrogens is 3. The molecule has 1 atom stereocenters. The molecule has 1 aliphatic heterocycles. The van der Waals surface area contributed by atoms with E-state index in [0.717, 1.165) is 56.0 Å². The molecule has 20 heavy (non-hydrogen) atoms. The standard InChI is InChI=1S/C15H21N3O2/c19-8-3-7-18-14(10-12-4-2-9-20-11-12)17-13-5-1-6-16-15(13)18/h1,5-6,12,19H,2-4,7-11H2. The summed E-state index contributed by atoms with van der Waals surface area (Å²) in [7, 11) is 0. The first-order chi connectivity index (χ1) is 9.88. The van der Waals surface area contributed by atoms with E-state index < -0.39 is 0 Å². The Labute approximate surface area is 118 Å². The Morgan fingerprint density at radius 3 is 3.20 bits per heavy atom. The second kappa shape index (κ2) is 6.33. The molecule has 1 fully saturated rings.